The van der Waals surface area contributed by atoms with Crippen LogP contribution in [0.5, 0.6) is 0 Å². The van der Waals surface area contributed by atoms with Crippen LogP contribution in [0.25, 0.3) is 0 Å². The highest BCUT2D eigenvalue weighted by atomic mass is 32.2. The molecule has 0 radical (unpaired) electrons. The molecule has 1 aliphatic heterocycles. The van der Waals surface area contributed by atoms with Gasteiger partial charge in [-0.05, 0) is 36.4 Å². The fourth-order valence-corrected chi connectivity index (χ4v) is 4.53. The van der Waals surface area contributed by atoms with Gasteiger partial charge >= 0.3 is 0 Å². The Morgan fingerprint density at radius 3 is 2.21 bits per heavy atom. The number of hydrogen-bond donors (Lipinski definition) is 2. The lowest BCUT2D eigenvalue weighted by Crippen LogP contribution is -2.50. The molecule has 3 rings (SSSR count). The van der Waals surface area contributed by atoms with E-state index in [1.54, 1.807) is 12.1 Å². The van der Waals surface area contributed by atoms with Crippen LogP contribution in [0.1, 0.15) is 10.4 Å². The first-order valence-electron chi connectivity index (χ1n) is 8.94. The molecule has 1 heterocycles. The molecule has 10 heteroatoms. The van der Waals surface area contributed by atoms with Gasteiger partial charge in [-0.2, -0.15) is 4.31 Å². The summed E-state index contributed by atoms with van der Waals surface area (Å²) >= 11 is 0. The van der Waals surface area contributed by atoms with Crippen LogP contribution in [0, 0.1) is 5.82 Å². The van der Waals surface area contributed by atoms with Crippen molar-refractivity contribution in [2.45, 2.75) is 4.90 Å². The van der Waals surface area contributed by atoms with Gasteiger partial charge in [0.25, 0.3) is 0 Å². The molecule has 0 saturated carbocycles. The first-order chi connectivity index (χ1) is 13.8. The van der Waals surface area contributed by atoms with Crippen LogP contribution in [0.15, 0.2) is 53.4 Å². The highest BCUT2D eigenvalue weighted by Crippen LogP contribution is 2.20. The second kappa shape index (κ2) is 8.68. The average molecular weight is 420 g/mol. The lowest BCUT2D eigenvalue weighted by atomic mass is 10.2. The summed E-state index contributed by atoms with van der Waals surface area (Å²) in [5.41, 5.74) is 6.05. The van der Waals surface area contributed by atoms with E-state index in [1.165, 1.54) is 34.6 Å². The van der Waals surface area contributed by atoms with Gasteiger partial charge in [-0.15, -0.1) is 0 Å². The molecule has 2 aromatic carbocycles. The van der Waals surface area contributed by atoms with Crippen molar-refractivity contribution < 1.29 is 22.4 Å². The van der Waals surface area contributed by atoms with E-state index in [2.05, 4.69) is 5.32 Å². The van der Waals surface area contributed by atoms with Crippen molar-refractivity contribution in [2.24, 2.45) is 5.73 Å². The van der Waals surface area contributed by atoms with Crippen molar-refractivity contribution in [2.75, 3.05) is 38.0 Å². The van der Waals surface area contributed by atoms with E-state index in [0.717, 1.165) is 6.07 Å². The normalized spacial score (nSPS) is 15.8. The molecular weight excluding hydrogens is 399 g/mol. The summed E-state index contributed by atoms with van der Waals surface area (Å²) < 4.78 is 40.3. The van der Waals surface area contributed by atoms with Crippen molar-refractivity contribution in [3.05, 3.63) is 59.9 Å². The number of hydrogen-bond acceptors (Lipinski definition) is 5. The van der Waals surface area contributed by atoms with Crippen molar-refractivity contribution in [3.8, 4) is 0 Å². The number of rotatable bonds is 6. The van der Waals surface area contributed by atoms with Gasteiger partial charge in [0, 0.05) is 37.4 Å². The van der Waals surface area contributed by atoms with Gasteiger partial charge in [0.15, 0.2) is 0 Å². The topological polar surface area (TPSA) is 113 Å². The molecule has 1 aliphatic rings. The van der Waals surface area contributed by atoms with Gasteiger partial charge in [-0.1, -0.05) is 12.1 Å². The van der Waals surface area contributed by atoms with E-state index in [-0.39, 0.29) is 30.4 Å². The van der Waals surface area contributed by atoms with E-state index < -0.39 is 21.7 Å². The Hall–Kier alpha value is -2.82. The molecule has 0 atom stereocenters. The summed E-state index contributed by atoms with van der Waals surface area (Å²) in [6.45, 7) is 1.11. The second-order valence-corrected chi connectivity index (χ2v) is 8.51. The smallest absolute Gasteiger partial charge is 0.248 e. The van der Waals surface area contributed by atoms with Crippen LogP contribution in [-0.2, 0) is 14.8 Å². The quantitative estimate of drug-likeness (QED) is 0.720. The summed E-state index contributed by atoms with van der Waals surface area (Å²) in [7, 11) is -3.91. The van der Waals surface area contributed by atoms with E-state index in [1.807, 2.05) is 4.90 Å². The predicted molar refractivity (Wildman–Crippen MR) is 105 cm³/mol. The number of primary amides is 1. The Morgan fingerprint density at radius 1 is 1.00 bits per heavy atom. The lowest BCUT2D eigenvalue weighted by Gasteiger charge is -2.33. The molecule has 1 fully saturated rings. The van der Waals surface area contributed by atoms with Gasteiger partial charge in [-0.25, -0.2) is 12.8 Å². The third kappa shape index (κ3) is 4.97. The molecule has 0 unspecified atom stereocenters. The van der Waals surface area contributed by atoms with Gasteiger partial charge < -0.3 is 11.1 Å². The maximum atomic E-state index is 13.9. The van der Waals surface area contributed by atoms with Crippen LogP contribution < -0.4 is 11.1 Å². The molecule has 0 aromatic heterocycles. The molecule has 2 aromatic rings. The van der Waals surface area contributed by atoms with E-state index >= 15 is 0 Å². The molecular formula is C19H21FN4O4S. The number of piperazine rings is 1. The first-order valence-corrected chi connectivity index (χ1v) is 10.4. The van der Waals surface area contributed by atoms with Gasteiger partial charge in [0.1, 0.15) is 10.7 Å². The largest absolute Gasteiger partial charge is 0.366 e. The number of halogens is 1. The molecule has 1 saturated heterocycles. The Morgan fingerprint density at radius 2 is 1.62 bits per heavy atom. The minimum atomic E-state index is -3.91. The molecule has 29 heavy (non-hydrogen) atoms. The van der Waals surface area contributed by atoms with Crippen molar-refractivity contribution in [1.82, 2.24) is 9.21 Å². The fraction of sp³-hybridized carbons (Fsp3) is 0.263. The Balaban J connectivity index is 1.53. The SMILES string of the molecule is NC(=O)c1ccc(NC(=O)CN2CCN(S(=O)(=O)c3ccccc3F)CC2)cc1. The standard InChI is InChI=1S/C19H21FN4O4S/c20-16-3-1-2-4-17(16)29(27,28)24-11-9-23(10-12-24)13-18(25)22-15-7-5-14(6-8-15)19(21)26/h1-8H,9-13H2,(H2,21,26)(H,22,25). The number of anilines is 1. The number of amides is 2. The summed E-state index contributed by atoms with van der Waals surface area (Å²) in [5, 5.41) is 2.72. The maximum absolute atomic E-state index is 13.9. The van der Waals surface area contributed by atoms with Gasteiger partial charge in [0.05, 0.1) is 6.54 Å². The molecule has 0 aliphatic carbocycles. The minimum Gasteiger partial charge on any atom is -0.366 e. The van der Waals surface area contributed by atoms with Crippen LogP contribution in [0.3, 0.4) is 0 Å². The molecule has 0 bridgehead atoms. The van der Waals surface area contributed by atoms with Gasteiger partial charge in [-0.3, -0.25) is 14.5 Å². The summed E-state index contributed by atoms with van der Waals surface area (Å²) in [6.07, 6.45) is 0. The first kappa shape index (κ1) is 20.9. The molecule has 0 spiro atoms. The molecule has 2 amide bonds. The van der Waals surface area contributed by atoms with Crippen molar-refractivity contribution in [3.63, 3.8) is 0 Å². The summed E-state index contributed by atoms with van der Waals surface area (Å²) in [5.74, 6) is -1.59. The number of carbonyl (C=O) groups is 2. The number of nitrogens with one attached hydrogen (secondary N) is 1. The van der Waals surface area contributed by atoms with Crippen molar-refractivity contribution >= 4 is 27.5 Å². The third-order valence-corrected chi connectivity index (χ3v) is 6.54. The van der Waals surface area contributed by atoms with Gasteiger partial charge in [0.2, 0.25) is 21.8 Å². The van der Waals surface area contributed by atoms with E-state index in [9.17, 15) is 22.4 Å². The number of benzene rings is 2. The maximum Gasteiger partial charge on any atom is 0.248 e. The summed E-state index contributed by atoms with van der Waals surface area (Å²) in [6, 6.07) is 11.5. The minimum absolute atomic E-state index is 0.0884. The Bertz CT molecular complexity index is 1000. The van der Waals surface area contributed by atoms with E-state index in [0.29, 0.717) is 24.3 Å². The molecule has 3 N–H and O–H groups in total. The fourth-order valence-electron chi connectivity index (χ4n) is 3.04. The zero-order valence-corrected chi connectivity index (χ0v) is 16.4. The molecule has 8 nitrogen and oxygen atoms in total. The van der Waals surface area contributed by atoms with Crippen LogP contribution in [0.4, 0.5) is 10.1 Å². The zero-order chi connectivity index (χ0) is 21.0. The highest BCUT2D eigenvalue weighted by Gasteiger charge is 2.30. The predicted octanol–water partition coefficient (Wildman–Crippen LogP) is 0.870. The van der Waals surface area contributed by atoms with Crippen LogP contribution >= 0.6 is 0 Å². The highest BCUT2D eigenvalue weighted by molar-refractivity contribution is 7.89. The monoisotopic (exact) mass is 420 g/mol. The zero-order valence-electron chi connectivity index (χ0n) is 15.5. The number of carbonyl (C=O) groups excluding carboxylic acids is 2. The lowest BCUT2D eigenvalue weighted by molar-refractivity contribution is -0.117. The Labute approximate surface area is 168 Å². The second-order valence-electron chi connectivity index (χ2n) is 6.60. The average Bonchev–Trinajstić information content (AvgIpc) is 2.69. The van der Waals surface area contributed by atoms with Crippen molar-refractivity contribution in [1.29, 1.82) is 0 Å². The third-order valence-electron chi connectivity index (χ3n) is 4.61. The van der Waals surface area contributed by atoms with Crippen LogP contribution in [0.2, 0.25) is 0 Å². The number of nitrogens with zero attached hydrogens (tertiary/aromatic N) is 2. The Kier molecular flexibility index (Phi) is 6.26. The van der Waals surface area contributed by atoms with Crippen LogP contribution in [-0.4, -0.2) is 62.2 Å². The van der Waals surface area contributed by atoms with E-state index in [4.69, 9.17) is 5.73 Å². The molecule has 154 valence electrons. The number of nitrogens with two attached hydrogens (primary N) is 1. The number of sulfonamides is 1. The summed E-state index contributed by atoms with van der Waals surface area (Å²) in [4.78, 5) is 24.8.